The maximum absolute atomic E-state index is 13.5. The zero-order valence-electron chi connectivity index (χ0n) is 19.1. The molecule has 3 aliphatic rings. The summed E-state index contributed by atoms with van der Waals surface area (Å²) in [5.74, 6) is 1.42. The molecule has 2 amide bonds. The van der Waals surface area contributed by atoms with E-state index in [1.54, 1.807) is 6.20 Å². The summed E-state index contributed by atoms with van der Waals surface area (Å²) in [6, 6.07) is 1.70. The molecule has 3 fully saturated rings. The van der Waals surface area contributed by atoms with Crippen molar-refractivity contribution in [3.63, 3.8) is 0 Å². The standard InChI is InChI=1S/C23H32N6O3/c1-14-7-19(26-32-14)13-28-11-16-8-17(12-28)22(29-20(16)5-4-6-21(29)30)23(31)24-9-18-10-25-27(3)15(18)2/h7,10,16-17,20,22H,4-6,8-9,11-13H2,1-3H3,(H,24,31)/t16-,17+,20-,22+/m0/s1. The van der Waals surface area contributed by atoms with Gasteiger partial charge in [-0.1, -0.05) is 5.16 Å². The fourth-order valence-corrected chi connectivity index (χ4v) is 5.95. The number of carbonyl (C=O) groups excluding carboxylic acids is 2. The molecule has 0 saturated carbocycles. The van der Waals surface area contributed by atoms with Gasteiger partial charge in [-0.05, 0) is 39.0 Å². The number of carbonyl (C=O) groups is 2. The van der Waals surface area contributed by atoms with E-state index in [1.807, 2.05) is 36.5 Å². The molecule has 5 heterocycles. The van der Waals surface area contributed by atoms with Crippen LogP contribution in [0.3, 0.4) is 0 Å². The van der Waals surface area contributed by atoms with Gasteiger partial charge in [0.15, 0.2) is 0 Å². The lowest BCUT2D eigenvalue weighted by molar-refractivity contribution is -0.160. The monoisotopic (exact) mass is 440 g/mol. The largest absolute Gasteiger partial charge is 0.361 e. The van der Waals surface area contributed by atoms with Crippen LogP contribution in [0, 0.1) is 25.7 Å². The van der Waals surface area contributed by atoms with E-state index in [9.17, 15) is 9.59 Å². The number of aromatic nitrogens is 3. The Hall–Kier alpha value is -2.68. The first kappa shape index (κ1) is 21.2. The molecule has 9 heteroatoms. The van der Waals surface area contributed by atoms with E-state index in [1.165, 1.54) is 0 Å². The minimum Gasteiger partial charge on any atom is -0.361 e. The number of nitrogens with one attached hydrogen (secondary N) is 1. The SMILES string of the molecule is Cc1cc(CN2C[C@@H]3C[C@H](C2)[C@H](C(=O)NCc2cnn(C)c2C)N2C(=O)CCC[C@@H]32)no1. The van der Waals surface area contributed by atoms with Crippen LogP contribution in [0.1, 0.15) is 48.4 Å². The van der Waals surface area contributed by atoms with Crippen LogP contribution in [-0.4, -0.2) is 61.7 Å². The van der Waals surface area contributed by atoms with E-state index in [4.69, 9.17) is 4.52 Å². The summed E-state index contributed by atoms with van der Waals surface area (Å²) in [6.45, 7) is 6.75. The highest BCUT2D eigenvalue weighted by Crippen LogP contribution is 2.42. The second-order valence-corrected chi connectivity index (χ2v) is 9.68. The van der Waals surface area contributed by atoms with Gasteiger partial charge in [0.25, 0.3) is 0 Å². The van der Waals surface area contributed by atoms with Gasteiger partial charge in [-0.25, -0.2) is 0 Å². The predicted molar refractivity (Wildman–Crippen MR) is 116 cm³/mol. The fraction of sp³-hybridized carbons (Fsp3) is 0.652. The Morgan fingerprint density at radius 1 is 1.28 bits per heavy atom. The van der Waals surface area contributed by atoms with Crippen molar-refractivity contribution in [2.75, 3.05) is 13.1 Å². The molecule has 0 aliphatic carbocycles. The molecule has 2 bridgehead atoms. The molecule has 1 N–H and O–H groups in total. The highest BCUT2D eigenvalue weighted by atomic mass is 16.5. The number of aryl methyl sites for hydroxylation is 2. The summed E-state index contributed by atoms with van der Waals surface area (Å²) >= 11 is 0. The minimum atomic E-state index is -0.414. The zero-order chi connectivity index (χ0) is 22.4. The number of nitrogens with zero attached hydrogens (tertiary/aromatic N) is 5. The van der Waals surface area contributed by atoms with Crippen molar-refractivity contribution < 1.29 is 14.1 Å². The average Bonchev–Trinajstić information content (AvgIpc) is 3.32. The molecule has 5 rings (SSSR count). The van der Waals surface area contributed by atoms with Gasteiger partial charge in [0.1, 0.15) is 11.8 Å². The first-order chi connectivity index (χ1) is 15.4. The zero-order valence-corrected chi connectivity index (χ0v) is 19.1. The Kier molecular flexibility index (Phi) is 5.53. The second-order valence-electron chi connectivity index (χ2n) is 9.68. The van der Waals surface area contributed by atoms with Gasteiger partial charge in [-0.15, -0.1) is 0 Å². The number of hydrogen-bond acceptors (Lipinski definition) is 6. The molecule has 3 saturated heterocycles. The van der Waals surface area contributed by atoms with Crippen LogP contribution in [0.5, 0.6) is 0 Å². The summed E-state index contributed by atoms with van der Waals surface area (Å²) in [5.41, 5.74) is 2.96. The molecule has 3 aliphatic heterocycles. The quantitative estimate of drug-likeness (QED) is 0.758. The van der Waals surface area contributed by atoms with Gasteiger partial charge in [-0.3, -0.25) is 19.2 Å². The van der Waals surface area contributed by atoms with Gasteiger partial charge >= 0.3 is 0 Å². The second kappa shape index (κ2) is 8.35. The molecule has 4 atom stereocenters. The Balaban J connectivity index is 1.35. The minimum absolute atomic E-state index is 0.0453. The Labute approximate surface area is 188 Å². The molecule has 32 heavy (non-hydrogen) atoms. The van der Waals surface area contributed by atoms with Gasteiger partial charge in [-0.2, -0.15) is 5.10 Å². The lowest BCUT2D eigenvalue weighted by Gasteiger charge is -2.55. The molecule has 0 unspecified atom stereocenters. The normalized spacial score (nSPS) is 28.0. The number of piperidine rings is 3. The van der Waals surface area contributed by atoms with Crippen molar-refractivity contribution >= 4 is 11.8 Å². The first-order valence-electron chi connectivity index (χ1n) is 11.6. The maximum Gasteiger partial charge on any atom is 0.243 e. The van der Waals surface area contributed by atoms with Crippen LogP contribution in [0.4, 0.5) is 0 Å². The molecular formula is C23H32N6O3. The van der Waals surface area contributed by atoms with Crippen molar-refractivity contribution in [3.8, 4) is 0 Å². The van der Waals surface area contributed by atoms with E-state index in [-0.39, 0.29) is 23.8 Å². The topological polar surface area (TPSA) is 96.5 Å². The van der Waals surface area contributed by atoms with Crippen molar-refractivity contribution in [1.29, 1.82) is 0 Å². The number of likely N-dealkylation sites (tertiary alicyclic amines) is 1. The highest BCUT2D eigenvalue weighted by Gasteiger charge is 2.51. The first-order valence-corrected chi connectivity index (χ1v) is 11.6. The van der Waals surface area contributed by atoms with Crippen LogP contribution in [0.25, 0.3) is 0 Å². The lowest BCUT2D eigenvalue weighted by Crippen LogP contribution is -2.68. The molecule has 2 aromatic heterocycles. The smallest absolute Gasteiger partial charge is 0.243 e. The van der Waals surface area contributed by atoms with Crippen LogP contribution in [0.15, 0.2) is 16.8 Å². The molecule has 172 valence electrons. The average molecular weight is 441 g/mol. The lowest BCUT2D eigenvalue weighted by atomic mass is 9.71. The third-order valence-corrected chi connectivity index (χ3v) is 7.54. The van der Waals surface area contributed by atoms with E-state index in [0.717, 1.165) is 55.1 Å². The summed E-state index contributed by atoms with van der Waals surface area (Å²) in [7, 11) is 1.89. The molecule has 0 radical (unpaired) electrons. The van der Waals surface area contributed by atoms with Crippen LogP contribution in [0.2, 0.25) is 0 Å². The number of rotatable bonds is 5. The van der Waals surface area contributed by atoms with Gasteiger partial charge < -0.3 is 14.7 Å². The molecular weight excluding hydrogens is 408 g/mol. The highest BCUT2D eigenvalue weighted by molar-refractivity contribution is 5.89. The van der Waals surface area contributed by atoms with Crippen LogP contribution >= 0.6 is 0 Å². The van der Waals surface area contributed by atoms with Crippen LogP contribution < -0.4 is 5.32 Å². The number of hydrogen-bond donors (Lipinski definition) is 1. The molecule has 2 aromatic rings. The van der Waals surface area contributed by atoms with Gasteiger partial charge in [0.05, 0.1) is 11.9 Å². The van der Waals surface area contributed by atoms with E-state index < -0.39 is 6.04 Å². The number of amides is 2. The fourth-order valence-electron chi connectivity index (χ4n) is 5.95. The summed E-state index contributed by atoms with van der Waals surface area (Å²) in [4.78, 5) is 30.8. The van der Waals surface area contributed by atoms with Crippen molar-refractivity contribution in [2.24, 2.45) is 18.9 Å². The van der Waals surface area contributed by atoms with Gasteiger partial charge in [0, 0.05) is 68.9 Å². The number of fused-ring (bicyclic) bond motifs is 4. The van der Waals surface area contributed by atoms with E-state index in [2.05, 4.69) is 20.5 Å². The molecule has 0 aromatic carbocycles. The predicted octanol–water partition coefficient (Wildman–Crippen LogP) is 1.54. The third kappa shape index (κ3) is 3.83. The Morgan fingerprint density at radius 3 is 2.81 bits per heavy atom. The Morgan fingerprint density at radius 2 is 2.09 bits per heavy atom. The molecule has 0 spiro atoms. The van der Waals surface area contributed by atoms with E-state index >= 15 is 0 Å². The van der Waals surface area contributed by atoms with E-state index in [0.29, 0.717) is 25.4 Å². The third-order valence-electron chi connectivity index (χ3n) is 7.54. The van der Waals surface area contributed by atoms with Crippen molar-refractivity contribution in [2.45, 2.75) is 64.7 Å². The maximum atomic E-state index is 13.5. The Bertz CT molecular complexity index is 1010. The van der Waals surface area contributed by atoms with Crippen LogP contribution in [-0.2, 0) is 29.7 Å². The summed E-state index contributed by atoms with van der Waals surface area (Å²) < 4.78 is 7.05. The van der Waals surface area contributed by atoms with Crippen molar-refractivity contribution in [1.82, 2.24) is 30.1 Å². The van der Waals surface area contributed by atoms with Gasteiger partial charge in [0.2, 0.25) is 11.8 Å². The summed E-state index contributed by atoms with van der Waals surface area (Å²) in [5, 5.41) is 11.5. The summed E-state index contributed by atoms with van der Waals surface area (Å²) in [6.07, 6.45) is 5.22. The molecule has 9 nitrogen and oxygen atoms in total. The van der Waals surface area contributed by atoms with Crippen molar-refractivity contribution in [3.05, 3.63) is 35.0 Å².